The van der Waals surface area contributed by atoms with Crippen LogP contribution < -0.4 is 10.5 Å². The van der Waals surface area contributed by atoms with E-state index in [0.29, 0.717) is 12.6 Å². The van der Waals surface area contributed by atoms with Gasteiger partial charge < -0.3 is 15.6 Å². The summed E-state index contributed by atoms with van der Waals surface area (Å²) in [6.07, 6.45) is 5.24. The third kappa shape index (κ3) is 4.34. The number of benzene rings is 1. The Morgan fingerprint density at radius 3 is 2.71 bits per heavy atom. The van der Waals surface area contributed by atoms with Crippen molar-refractivity contribution in [1.82, 2.24) is 4.90 Å². The number of nitrogens with two attached hydrogens (primary N) is 1. The van der Waals surface area contributed by atoms with Gasteiger partial charge in [-0.25, -0.2) is 0 Å². The fourth-order valence-electron chi connectivity index (χ4n) is 3.01. The summed E-state index contributed by atoms with van der Waals surface area (Å²) < 4.78 is 6.38. The third-order valence-corrected chi connectivity index (χ3v) is 4.83. The van der Waals surface area contributed by atoms with E-state index in [2.05, 4.69) is 27.8 Å². The summed E-state index contributed by atoms with van der Waals surface area (Å²) in [4.78, 5) is 2.50. The molecule has 5 heteroatoms. The second kappa shape index (κ2) is 8.01. The molecule has 0 aromatic heterocycles. The van der Waals surface area contributed by atoms with Crippen LogP contribution >= 0.6 is 15.9 Å². The molecular weight excluding hydrogens is 332 g/mol. The van der Waals surface area contributed by atoms with Gasteiger partial charge in [-0.1, -0.05) is 19.8 Å². The Kier molecular flexibility index (Phi) is 6.33. The number of aliphatic hydroxyl groups is 1. The molecule has 1 aliphatic carbocycles. The SMILES string of the molecule is CCN(Cc1cc(OCCO)cc(Br)c1N)C1CCCC1. The number of rotatable bonds is 7. The van der Waals surface area contributed by atoms with Crippen molar-refractivity contribution in [1.29, 1.82) is 0 Å². The summed E-state index contributed by atoms with van der Waals surface area (Å²) in [7, 11) is 0. The molecular formula is C16H25BrN2O2. The minimum absolute atomic E-state index is 0.0144. The number of ether oxygens (including phenoxy) is 1. The maximum Gasteiger partial charge on any atom is 0.121 e. The third-order valence-electron chi connectivity index (χ3n) is 4.17. The molecule has 2 rings (SSSR count). The number of halogens is 1. The number of anilines is 1. The summed E-state index contributed by atoms with van der Waals surface area (Å²) in [6, 6.07) is 4.53. The van der Waals surface area contributed by atoms with Crippen LogP contribution in [-0.2, 0) is 6.54 Å². The molecule has 0 spiro atoms. The average Bonchev–Trinajstić information content (AvgIpc) is 3.01. The normalized spacial score (nSPS) is 15.8. The molecule has 0 saturated heterocycles. The van der Waals surface area contributed by atoms with E-state index < -0.39 is 0 Å². The monoisotopic (exact) mass is 356 g/mol. The van der Waals surface area contributed by atoms with E-state index in [9.17, 15) is 0 Å². The number of hydrogen-bond acceptors (Lipinski definition) is 4. The zero-order valence-electron chi connectivity index (χ0n) is 12.6. The molecule has 1 saturated carbocycles. The van der Waals surface area contributed by atoms with E-state index in [-0.39, 0.29) is 6.61 Å². The molecule has 0 unspecified atom stereocenters. The smallest absolute Gasteiger partial charge is 0.121 e. The van der Waals surface area contributed by atoms with Gasteiger partial charge in [0.2, 0.25) is 0 Å². The van der Waals surface area contributed by atoms with Crippen LogP contribution in [0, 0.1) is 0 Å². The van der Waals surface area contributed by atoms with Gasteiger partial charge in [0.1, 0.15) is 12.4 Å². The summed E-state index contributed by atoms with van der Waals surface area (Å²) in [6.45, 7) is 4.40. The second-order valence-electron chi connectivity index (χ2n) is 5.55. The highest BCUT2D eigenvalue weighted by Gasteiger charge is 2.22. The summed E-state index contributed by atoms with van der Waals surface area (Å²) in [5.74, 6) is 0.752. The van der Waals surface area contributed by atoms with Gasteiger partial charge in [-0.3, -0.25) is 4.90 Å². The fraction of sp³-hybridized carbons (Fsp3) is 0.625. The quantitative estimate of drug-likeness (QED) is 0.736. The Morgan fingerprint density at radius 1 is 1.38 bits per heavy atom. The van der Waals surface area contributed by atoms with Crippen molar-refractivity contribution < 1.29 is 9.84 Å². The van der Waals surface area contributed by atoms with Crippen molar-refractivity contribution in [3.63, 3.8) is 0 Å². The number of nitrogens with zero attached hydrogens (tertiary/aromatic N) is 1. The molecule has 1 aromatic rings. The lowest BCUT2D eigenvalue weighted by Crippen LogP contribution is -2.32. The van der Waals surface area contributed by atoms with Crippen molar-refractivity contribution in [2.24, 2.45) is 0 Å². The van der Waals surface area contributed by atoms with Crippen LogP contribution in [0.1, 0.15) is 38.2 Å². The number of hydrogen-bond donors (Lipinski definition) is 2. The Morgan fingerprint density at radius 2 is 2.10 bits per heavy atom. The van der Waals surface area contributed by atoms with E-state index in [1.165, 1.54) is 25.7 Å². The summed E-state index contributed by atoms with van der Waals surface area (Å²) >= 11 is 3.50. The van der Waals surface area contributed by atoms with Gasteiger partial charge in [-0.05, 0) is 53.0 Å². The maximum absolute atomic E-state index is 8.88. The second-order valence-corrected chi connectivity index (χ2v) is 6.41. The average molecular weight is 357 g/mol. The van der Waals surface area contributed by atoms with Gasteiger partial charge in [0, 0.05) is 17.1 Å². The predicted molar refractivity (Wildman–Crippen MR) is 89.5 cm³/mol. The highest BCUT2D eigenvalue weighted by Crippen LogP contribution is 2.32. The molecule has 0 radical (unpaired) electrons. The van der Waals surface area contributed by atoms with Crippen molar-refractivity contribution in [3.05, 3.63) is 22.2 Å². The van der Waals surface area contributed by atoms with Gasteiger partial charge in [-0.15, -0.1) is 0 Å². The van der Waals surface area contributed by atoms with Crippen molar-refractivity contribution >= 4 is 21.6 Å². The largest absolute Gasteiger partial charge is 0.491 e. The lowest BCUT2D eigenvalue weighted by atomic mass is 10.1. The van der Waals surface area contributed by atoms with Crippen molar-refractivity contribution in [3.8, 4) is 5.75 Å². The van der Waals surface area contributed by atoms with E-state index in [4.69, 9.17) is 15.6 Å². The lowest BCUT2D eigenvalue weighted by molar-refractivity contribution is 0.196. The molecule has 0 amide bonds. The van der Waals surface area contributed by atoms with Gasteiger partial charge >= 0.3 is 0 Å². The number of aliphatic hydroxyl groups excluding tert-OH is 1. The topological polar surface area (TPSA) is 58.7 Å². The molecule has 4 nitrogen and oxygen atoms in total. The molecule has 0 atom stereocenters. The van der Waals surface area contributed by atoms with Crippen LogP contribution in [-0.4, -0.2) is 35.8 Å². The Balaban J connectivity index is 2.14. The van der Waals surface area contributed by atoms with Crippen LogP contribution in [0.3, 0.4) is 0 Å². The molecule has 0 aliphatic heterocycles. The zero-order chi connectivity index (χ0) is 15.2. The predicted octanol–water partition coefficient (Wildman–Crippen LogP) is 3.17. The minimum atomic E-state index is 0.0144. The van der Waals surface area contributed by atoms with E-state index in [1.54, 1.807) is 0 Å². The van der Waals surface area contributed by atoms with Gasteiger partial charge in [0.25, 0.3) is 0 Å². The van der Waals surface area contributed by atoms with Gasteiger partial charge in [0.05, 0.1) is 12.3 Å². The zero-order valence-corrected chi connectivity index (χ0v) is 14.2. The lowest BCUT2D eigenvalue weighted by Gasteiger charge is -2.28. The first kappa shape index (κ1) is 16.6. The molecule has 0 heterocycles. The highest BCUT2D eigenvalue weighted by atomic mass is 79.9. The van der Waals surface area contributed by atoms with Crippen molar-refractivity contribution in [2.75, 3.05) is 25.5 Å². The maximum atomic E-state index is 8.88. The number of nitrogen functional groups attached to an aromatic ring is 1. The van der Waals surface area contributed by atoms with Gasteiger partial charge in [0.15, 0.2) is 0 Å². The highest BCUT2D eigenvalue weighted by molar-refractivity contribution is 9.10. The Hall–Kier alpha value is -0.780. The van der Waals surface area contributed by atoms with E-state index in [0.717, 1.165) is 34.6 Å². The molecule has 1 aliphatic rings. The standard InChI is InChI=1S/C16H25BrN2O2/c1-2-19(13-5-3-4-6-13)11-12-9-14(21-8-7-20)10-15(17)16(12)18/h9-10,13,20H,2-8,11,18H2,1H3. The van der Waals surface area contributed by atoms with Crippen LogP contribution in [0.4, 0.5) is 5.69 Å². The molecule has 1 aromatic carbocycles. The van der Waals surface area contributed by atoms with Gasteiger partial charge in [-0.2, -0.15) is 0 Å². The van der Waals surface area contributed by atoms with Crippen LogP contribution in [0.2, 0.25) is 0 Å². The molecule has 21 heavy (non-hydrogen) atoms. The van der Waals surface area contributed by atoms with E-state index >= 15 is 0 Å². The first-order valence-electron chi connectivity index (χ1n) is 7.71. The Labute approximate surface area is 135 Å². The van der Waals surface area contributed by atoms with Crippen LogP contribution in [0.15, 0.2) is 16.6 Å². The minimum Gasteiger partial charge on any atom is -0.491 e. The van der Waals surface area contributed by atoms with Crippen LogP contribution in [0.5, 0.6) is 5.75 Å². The Bertz CT molecular complexity index is 462. The molecule has 118 valence electrons. The molecule has 0 bridgehead atoms. The summed E-state index contributed by atoms with van der Waals surface area (Å²) in [5, 5.41) is 8.88. The van der Waals surface area contributed by atoms with Crippen molar-refractivity contribution in [2.45, 2.75) is 45.2 Å². The molecule has 1 fully saturated rings. The fourth-order valence-corrected chi connectivity index (χ4v) is 3.49. The van der Waals surface area contributed by atoms with Crippen LogP contribution in [0.25, 0.3) is 0 Å². The first-order chi connectivity index (χ1) is 10.2. The first-order valence-corrected chi connectivity index (χ1v) is 8.50. The van der Waals surface area contributed by atoms with E-state index in [1.807, 2.05) is 12.1 Å². The molecule has 3 N–H and O–H groups in total. The summed E-state index contributed by atoms with van der Waals surface area (Å²) in [5.41, 5.74) is 8.07.